The average molecular weight is 385 g/mol. The van der Waals surface area contributed by atoms with Crippen LogP contribution in [0.4, 0.5) is 11.4 Å². The molecule has 0 aromatic heterocycles. The first-order valence-corrected chi connectivity index (χ1v) is 9.52. The van der Waals surface area contributed by atoms with Crippen molar-refractivity contribution in [2.24, 2.45) is 0 Å². The minimum absolute atomic E-state index is 0.120. The zero-order valence-electron chi connectivity index (χ0n) is 14.9. The molecule has 2 aromatic carbocycles. The molecule has 0 radical (unpaired) electrons. The summed E-state index contributed by atoms with van der Waals surface area (Å²) in [5, 5.41) is 11.8. The van der Waals surface area contributed by atoms with Crippen molar-refractivity contribution in [3.05, 3.63) is 66.4 Å². The van der Waals surface area contributed by atoms with Gasteiger partial charge in [-0.2, -0.15) is 5.26 Å². The minimum Gasteiger partial charge on any atom is -0.462 e. The zero-order chi connectivity index (χ0) is 19.9. The second kappa shape index (κ2) is 8.87. The number of esters is 1. The number of nitriles is 1. The molecule has 27 heavy (non-hydrogen) atoms. The molecule has 0 aliphatic heterocycles. The van der Waals surface area contributed by atoms with Crippen LogP contribution in [0.3, 0.4) is 0 Å². The van der Waals surface area contributed by atoms with Crippen LogP contribution in [-0.4, -0.2) is 28.0 Å². The molecule has 7 nitrogen and oxygen atoms in total. The molecule has 0 amide bonds. The molecule has 0 saturated carbocycles. The van der Waals surface area contributed by atoms with Crippen molar-refractivity contribution in [3.8, 4) is 6.07 Å². The maximum atomic E-state index is 12.7. The number of carbonyl (C=O) groups is 1. The highest BCUT2D eigenvalue weighted by Gasteiger charge is 2.20. The van der Waals surface area contributed by atoms with E-state index in [1.54, 1.807) is 49.4 Å². The van der Waals surface area contributed by atoms with Gasteiger partial charge in [-0.1, -0.05) is 18.2 Å². The highest BCUT2D eigenvalue weighted by Crippen LogP contribution is 2.22. The number of nitrogens with one attached hydrogen (secondary N) is 1. The van der Waals surface area contributed by atoms with Crippen molar-refractivity contribution in [2.75, 3.05) is 23.3 Å². The number of benzene rings is 2. The quantitative estimate of drug-likeness (QED) is 0.447. The van der Waals surface area contributed by atoms with Gasteiger partial charge in [0.2, 0.25) is 0 Å². The van der Waals surface area contributed by atoms with Crippen LogP contribution in [-0.2, 0) is 19.6 Å². The van der Waals surface area contributed by atoms with Gasteiger partial charge in [0, 0.05) is 18.9 Å². The molecule has 0 aliphatic carbocycles. The Hall–Kier alpha value is -3.31. The third kappa shape index (κ3) is 4.86. The summed E-state index contributed by atoms with van der Waals surface area (Å²) in [4.78, 5) is 11.7. The summed E-state index contributed by atoms with van der Waals surface area (Å²) >= 11 is 0. The van der Waals surface area contributed by atoms with Gasteiger partial charge in [-0.05, 0) is 43.3 Å². The largest absolute Gasteiger partial charge is 0.462 e. The fourth-order valence-corrected chi connectivity index (χ4v) is 3.35. The number of anilines is 2. The normalized spacial score (nSPS) is 11.4. The number of para-hydroxylation sites is 1. The monoisotopic (exact) mass is 385 g/mol. The van der Waals surface area contributed by atoms with Crippen molar-refractivity contribution in [2.45, 2.75) is 11.8 Å². The summed E-state index contributed by atoms with van der Waals surface area (Å²) in [5.41, 5.74) is 0.890. The third-order valence-corrected chi connectivity index (χ3v) is 5.43. The summed E-state index contributed by atoms with van der Waals surface area (Å²) in [6.45, 7) is 1.81. The molecule has 0 bridgehead atoms. The van der Waals surface area contributed by atoms with Gasteiger partial charge in [0.25, 0.3) is 10.0 Å². The first-order valence-electron chi connectivity index (χ1n) is 8.08. The lowest BCUT2D eigenvalue weighted by molar-refractivity contribution is -0.138. The number of rotatable bonds is 7. The van der Waals surface area contributed by atoms with Crippen LogP contribution in [0.2, 0.25) is 0 Å². The van der Waals surface area contributed by atoms with Crippen LogP contribution in [0, 0.1) is 11.3 Å². The van der Waals surface area contributed by atoms with E-state index in [4.69, 9.17) is 10.00 Å². The number of ether oxygens (including phenoxy) is 1. The molecule has 140 valence electrons. The van der Waals surface area contributed by atoms with Crippen LogP contribution in [0.5, 0.6) is 0 Å². The highest BCUT2D eigenvalue weighted by atomic mass is 32.2. The van der Waals surface area contributed by atoms with E-state index in [0.717, 1.165) is 0 Å². The van der Waals surface area contributed by atoms with E-state index < -0.39 is 16.0 Å². The molecule has 0 atom stereocenters. The van der Waals surface area contributed by atoms with E-state index in [1.807, 2.05) is 6.07 Å². The number of sulfonamides is 1. The first-order chi connectivity index (χ1) is 12.9. The summed E-state index contributed by atoms with van der Waals surface area (Å²) in [6.07, 6.45) is 1.22. The molecule has 0 aliphatic rings. The predicted octanol–water partition coefficient (Wildman–Crippen LogP) is 2.89. The van der Waals surface area contributed by atoms with Crippen LogP contribution in [0.25, 0.3) is 0 Å². The smallest absolute Gasteiger partial charge is 0.350 e. The zero-order valence-corrected chi connectivity index (χ0v) is 15.7. The van der Waals surface area contributed by atoms with Crippen molar-refractivity contribution >= 4 is 27.4 Å². The third-order valence-electron chi connectivity index (χ3n) is 3.63. The Morgan fingerprint density at radius 3 is 2.37 bits per heavy atom. The lowest BCUT2D eigenvalue weighted by Gasteiger charge is -2.19. The molecule has 0 saturated heterocycles. The summed E-state index contributed by atoms with van der Waals surface area (Å²) in [5.74, 6) is -0.726. The van der Waals surface area contributed by atoms with Crippen molar-refractivity contribution in [1.29, 1.82) is 5.26 Å². The Balaban J connectivity index is 2.17. The van der Waals surface area contributed by atoms with Crippen molar-refractivity contribution in [3.63, 3.8) is 0 Å². The van der Waals surface area contributed by atoms with E-state index in [9.17, 15) is 13.2 Å². The van der Waals surface area contributed by atoms with E-state index >= 15 is 0 Å². The van der Waals surface area contributed by atoms with Gasteiger partial charge in [-0.3, -0.25) is 4.31 Å². The van der Waals surface area contributed by atoms with Crippen molar-refractivity contribution < 1.29 is 17.9 Å². The molecule has 8 heteroatoms. The van der Waals surface area contributed by atoms with Gasteiger partial charge in [-0.15, -0.1) is 0 Å². The number of nitrogens with zero attached hydrogens (tertiary/aromatic N) is 2. The maximum absolute atomic E-state index is 12.7. The average Bonchev–Trinajstić information content (AvgIpc) is 2.69. The minimum atomic E-state index is -3.70. The molecule has 2 rings (SSSR count). The Kier molecular flexibility index (Phi) is 6.57. The fraction of sp³-hybridized carbons (Fsp3) is 0.158. The molecule has 0 heterocycles. The first kappa shape index (κ1) is 20.0. The van der Waals surface area contributed by atoms with E-state index in [-0.39, 0.29) is 17.1 Å². The Bertz CT molecular complexity index is 962. The van der Waals surface area contributed by atoms with Gasteiger partial charge >= 0.3 is 5.97 Å². The number of carbonyl (C=O) groups excluding carboxylic acids is 1. The highest BCUT2D eigenvalue weighted by molar-refractivity contribution is 7.92. The van der Waals surface area contributed by atoms with E-state index in [2.05, 4.69) is 5.32 Å². The second-order valence-electron chi connectivity index (χ2n) is 5.37. The van der Waals surface area contributed by atoms with Crippen molar-refractivity contribution in [1.82, 2.24) is 0 Å². The molecule has 0 unspecified atom stereocenters. The second-order valence-corrected chi connectivity index (χ2v) is 7.34. The van der Waals surface area contributed by atoms with Crippen LogP contribution < -0.4 is 9.62 Å². The van der Waals surface area contributed by atoms with E-state index in [0.29, 0.717) is 11.4 Å². The van der Waals surface area contributed by atoms with E-state index in [1.165, 1.54) is 29.7 Å². The van der Waals surface area contributed by atoms with Crippen LogP contribution in [0.1, 0.15) is 6.92 Å². The van der Waals surface area contributed by atoms with Gasteiger partial charge in [0.1, 0.15) is 6.07 Å². The Morgan fingerprint density at radius 1 is 1.19 bits per heavy atom. The summed E-state index contributed by atoms with van der Waals surface area (Å²) < 4.78 is 31.4. The molecular formula is C19H19N3O4S. The SMILES string of the molecule is CCOC(=O)/C(C#N)=C\Nc1ccc(S(=O)(=O)N(C)c2ccccc2)cc1. The topological polar surface area (TPSA) is 99.5 Å². The number of hydrogen-bond donors (Lipinski definition) is 1. The molecule has 0 fully saturated rings. The molecule has 0 spiro atoms. The Morgan fingerprint density at radius 2 is 1.81 bits per heavy atom. The van der Waals surface area contributed by atoms with Crippen LogP contribution >= 0.6 is 0 Å². The molecule has 2 aromatic rings. The summed E-state index contributed by atoms with van der Waals surface area (Å²) in [7, 11) is -2.22. The standard InChI is InChI=1S/C19H19N3O4S/c1-3-26-19(23)15(13-20)14-21-16-9-11-18(12-10-16)27(24,25)22(2)17-7-5-4-6-8-17/h4-12,14,21H,3H2,1-2H3/b15-14-. The Labute approximate surface area is 158 Å². The lowest BCUT2D eigenvalue weighted by atomic mass is 10.3. The van der Waals surface area contributed by atoms with Gasteiger partial charge < -0.3 is 10.1 Å². The molecular weight excluding hydrogens is 366 g/mol. The van der Waals surface area contributed by atoms with Crippen LogP contribution in [0.15, 0.2) is 71.3 Å². The maximum Gasteiger partial charge on any atom is 0.350 e. The van der Waals surface area contributed by atoms with Gasteiger partial charge in [0.15, 0.2) is 5.57 Å². The summed E-state index contributed by atoms with van der Waals surface area (Å²) in [6, 6.07) is 16.5. The van der Waals surface area contributed by atoms with Gasteiger partial charge in [0.05, 0.1) is 17.2 Å². The predicted molar refractivity (Wildman–Crippen MR) is 102 cm³/mol. The number of hydrogen-bond acceptors (Lipinski definition) is 6. The van der Waals surface area contributed by atoms with Gasteiger partial charge in [-0.25, -0.2) is 13.2 Å². The molecule has 1 N–H and O–H groups in total. The lowest BCUT2D eigenvalue weighted by Crippen LogP contribution is -2.26. The fourth-order valence-electron chi connectivity index (χ4n) is 2.16.